The maximum Gasteiger partial charge on any atom is 0.143 e. The number of halogens is 2. The van der Waals surface area contributed by atoms with E-state index in [1.807, 2.05) is 18.2 Å². The lowest BCUT2D eigenvalue weighted by atomic mass is 10.2. The van der Waals surface area contributed by atoms with E-state index in [9.17, 15) is 4.39 Å². The molecule has 1 aliphatic rings. The Bertz CT molecular complexity index is 818. The number of aromatic amines is 1. The summed E-state index contributed by atoms with van der Waals surface area (Å²) in [6.45, 7) is 0.976. The Morgan fingerprint density at radius 2 is 2.19 bits per heavy atom. The Morgan fingerprint density at radius 1 is 1.29 bits per heavy atom. The third-order valence-electron chi connectivity index (χ3n) is 3.81. The van der Waals surface area contributed by atoms with Gasteiger partial charge in [0.25, 0.3) is 0 Å². The number of aromatic nitrogens is 3. The maximum absolute atomic E-state index is 13.8. The molecule has 7 heteroatoms. The lowest BCUT2D eigenvalue weighted by molar-refractivity contribution is 0.342. The second-order valence-electron chi connectivity index (χ2n) is 5.19. The van der Waals surface area contributed by atoms with Gasteiger partial charge in [-0.05, 0) is 18.2 Å². The first-order valence-corrected chi connectivity index (χ1v) is 7.55. The van der Waals surface area contributed by atoms with E-state index in [1.165, 1.54) is 6.33 Å². The van der Waals surface area contributed by atoms with Gasteiger partial charge >= 0.3 is 0 Å². The summed E-state index contributed by atoms with van der Waals surface area (Å²) in [5, 5.41) is 8.16. The largest absolute Gasteiger partial charge is 0.362 e. The summed E-state index contributed by atoms with van der Waals surface area (Å²) >= 11 is 3.48. The van der Waals surface area contributed by atoms with Crippen molar-refractivity contribution >= 4 is 43.7 Å². The highest BCUT2D eigenvalue weighted by Gasteiger charge is 2.27. The minimum absolute atomic E-state index is 0.264. The van der Waals surface area contributed by atoms with Crippen LogP contribution in [0.15, 0.2) is 29.0 Å². The van der Waals surface area contributed by atoms with Crippen molar-refractivity contribution < 1.29 is 4.39 Å². The molecule has 0 saturated carbocycles. The quantitative estimate of drug-likeness (QED) is 0.665. The molecule has 0 radical (unpaired) electrons. The van der Waals surface area contributed by atoms with Crippen molar-refractivity contribution in [2.75, 3.05) is 18.4 Å². The molecule has 0 unspecified atom stereocenters. The molecule has 5 nitrogen and oxygen atoms in total. The number of nitrogens with zero attached hydrogens (tertiary/aromatic N) is 2. The van der Waals surface area contributed by atoms with E-state index in [-0.39, 0.29) is 6.04 Å². The van der Waals surface area contributed by atoms with Crippen LogP contribution in [-0.4, -0.2) is 40.3 Å². The minimum atomic E-state index is -0.910. The molecule has 1 aliphatic heterocycles. The van der Waals surface area contributed by atoms with Crippen molar-refractivity contribution in [2.24, 2.45) is 0 Å². The van der Waals surface area contributed by atoms with E-state index >= 15 is 0 Å². The van der Waals surface area contributed by atoms with Crippen LogP contribution in [0, 0.1) is 0 Å². The van der Waals surface area contributed by atoms with Gasteiger partial charge in [-0.2, -0.15) is 0 Å². The van der Waals surface area contributed by atoms with Crippen LogP contribution in [-0.2, 0) is 0 Å². The first-order valence-electron chi connectivity index (χ1n) is 6.75. The molecule has 0 aliphatic carbocycles. The van der Waals surface area contributed by atoms with Gasteiger partial charge in [0.05, 0.1) is 11.4 Å². The summed E-state index contributed by atoms with van der Waals surface area (Å²) < 4.78 is 14.8. The van der Waals surface area contributed by atoms with Crippen molar-refractivity contribution in [1.29, 1.82) is 0 Å². The number of hydrogen-bond acceptors (Lipinski definition) is 4. The van der Waals surface area contributed by atoms with Crippen molar-refractivity contribution in [3.8, 4) is 0 Å². The van der Waals surface area contributed by atoms with Crippen LogP contribution < -0.4 is 10.6 Å². The second kappa shape index (κ2) is 4.92. The Balaban J connectivity index is 1.87. The number of rotatable bonds is 2. The minimum Gasteiger partial charge on any atom is -0.362 e. The number of H-pyrrole nitrogens is 1. The normalized spacial score (nSPS) is 22.2. The summed E-state index contributed by atoms with van der Waals surface area (Å²) in [4.78, 5) is 11.8. The van der Waals surface area contributed by atoms with E-state index in [0.717, 1.165) is 26.4 Å². The molecule has 4 rings (SSSR count). The second-order valence-corrected chi connectivity index (χ2v) is 6.10. The van der Waals surface area contributed by atoms with Crippen molar-refractivity contribution in [1.82, 2.24) is 20.3 Å². The smallest absolute Gasteiger partial charge is 0.143 e. The Labute approximate surface area is 128 Å². The predicted octanol–water partition coefficient (Wildman–Crippen LogP) is 2.60. The van der Waals surface area contributed by atoms with Crippen molar-refractivity contribution in [3.63, 3.8) is 0 Å². The number of anilines is 1. The van der Waals surface area contributed by atoms with Crippen LogP contribution in [0.3, 0.4) is 0 Å². The third-order valence-corrected chi connectivity index (χ3v) is 4.31. The molecule has 1 fully saturated rings. The average Bonchev–Trinajstić information content (AvgIpc) is 3.03. The predicted molar refractivity (Wildman–Crippen MR) is 84.3 cm³/mol. The van der Waals surface area contributed by atoms with E-state index in [2.05, 4.69) is 41.5 Å². The molecule has 3 aromatic rings. The van der Waals surface area contributed by atoms with Gasteiger partial charge in [0.1, 0.15) is 24.0 Å². The number of nitrogens with one attached hydrogen (secondary N) is 3. The first kappa shape index (κ1) is 13.0. The fraction of sp³-hybridized carbons (Fsp3) is 0.286. The summed E-state index contributed by atoms with van der Waals surface area (Å²) in [6.07, 6.45) is 0.581. The monoisotopic (exact) mass is 349 g/mol. The molecule has 2 atom stereocenters. The highest BCUT2D eigenvalue weighted by Crippen LogP contribution is 2.31. The van der Waals surface area contributed by atoms with Gasteiger partial charge in [0, 0.05) is 28.5 Å². The van der Waals surface area contributed by atoms with Gasteiger partial charge in [-0.3, -0.25) is 0 Å². The van der Waals surface area contributed by atoms with Gasteiger partial charge in [0.2, 0.25) is 0 Å². The zero-order chi connectivity index (χ0) is 14.4. The molecule has 0 amide bonds. The van der Waals surface area contributed by atoms with Gasteiger partial charge in [-0.25, -0.2) is 14.4 Å². The first-order chi connectivity index (χ1) is 10.2. The van der Waals surface area contributed by atoms with E-state index < -0.39 is 6.17 Å². The summed E-state index contributed by atoms with van der Waals surface area (Å²) in [6, 6.07) is 5.71. The lowest BCUT2D eigenvalue weighted by Gasteiger charge is -2.15. The fourth-order valence-corrected chi connectivity index (χ4v) is 3.13. The summed E-state index contributed by atoms with van der Waals surface area (Å²) in [5.41, 5.74) is 1.74. The Kier molecular flexibility index (Phi) is 3.04. The summed E-state index contributed by atoms with van der Waals surface area (Å²) in [7, 11) is 0. The topological polar surface area (TPSA) is 65.6 Å². The SMILES string of the molecule is F[C@@H]1CNC[C@@H]1Nc1ncnc2[nH]c3ccc(Br)cc3c12. The molecule has 1 aromatic carbocycles. The van der Waals surface area contributed by atoms with Crippen molar-refractivity contribution in [2.45, 2.75) is 12.2 Å². The molecule has 21 heavy (non-hydrogen) atoms. The molecule has 0 spiro atoms. The number of benzene rings is 1. The van der Waals surface area contributed by atoms with Crippen LogP contribution >= 0.6 is 15.9 Å². The van der Waals surface area contributed by atoms with Crippen LogP contribution in [0.4, 0.5) is 10.2 Å². The Hall–Kier alpha value is -1.73. The molecule has 2 aromatic heterocycles. The highest BCUT2D eigenvalue weighted by atomic mass is 79.9. The van der Waals surface area contributed by atoms with Gasteiger partial charge in [-0.15, -0.1) is 0 Å². The maximum atomic E-state index is 13.8. The summed E-state index contributed by atoms with van der Waals surface area (Å²) in [5.74, 6) is 0.667. The molecular weight excluding hydrogens is 337 g/mol. The van der Waals surface area contributed by atoms with E-state index in [0.29, 0.717) is 18.9 Å². The third kappa shape index (κ3) is 2.16. The average molecular weight is 350 g/mol. The molecule has 3 heterocycles. The van der Waals surface area contributed by atoms with Gasteiger partial charge in [0.15, 0.2) is 0 Å². The lowest BCUT2D eigenvalue weighted by Crippen LogP contribution is -2.29. The molecule has 0 bridgehead atoms. The zero-order valence-electron chi connectivity index (χ0n) is 11.0. The molecular formula is C14H13BrFN5. The molecule has 3 N–H and O–H groups in total. The standard InChI is InChI=1S/C14H13BrFN5/c15-7-1-2-10-8(3-7)12-13(20-10)18-6-19-14(12)21-11-5-17-4-9(11)16/h1-3,6,9,11,17H,4-5H2,(H2,18,19,20,21)/t9-,11+/m1/s1. The van der Waals surface area contributed by atoms with E-state index in [4.69, 9.17) is 0 Å². The van der Waals surface area contributed by atoms with Crippen LogP contribution in [0.5, 0.6) is 0 Å². The van der Waals surface area contributed by atoms with Crippen LogP contribution in [0.25, 0.3) is 21.9 Å². The van der Waals surface area contributed by atoms with Gasteiger partial charge < -0.3 is 15.6 Å². The van der Waals surface area contributed by atoms with E-state index in [1.54, 1.807) is 0 Å². The number of hydrogen-bond donors (Lipinski definition) is 3. The highest BCUT2D eigenvalue weighted by molar-refractivity contribution is 9.10. The molecule has 108 valence electrons. The number of alkyl halides is 1. The van der Waals surface area contributed by atoms with Crippen molar-refractivity contribution in [3.05, 3.63) is 29.0 Å². The zero-order valence-corrected chi connectivity index (χ0v) is 12.6. The van der Waals surface area contributed by atoms with Gasteiger partial charge in [-0.1, -0.05) is 15.9 Å². The van der Waals surface area contributed by atoms with Crippen LogP contribution in [0.1, 0.15) is 0 Å². The number of fused-ring (bicyclic) bond motifs is 3. The van der Waals surface area contributed by atoms with Crippen LogP contribution in [0.2, 0.25) is 0 Å². The molecule has 1 saturated heterocycles. The Morgan fingerprint density at radius 3 is 3.00 bits per heavy atom. The fourth-order valence-electron chi connectivity index (χ4n) is 2.77.